The molecule has 0 aliphatic rings. The molecule has 0 saturated carbocycles. The maximum atomic E-state index is 12.2. The molecule has 0 saturated heterocycles. The zero-order valence-corrected chi connectivity index (χ0v) is 15.6. The summed E-state index contributed by atoms with van der Waals surface area (Å²) in [6.07, 6.45) is 3.68. The van der Waals surface area contributed by atoms with Gasteiger partial charge in [0.2, 0.25) is 0 Å². The summed E-state index contributed by atoms with van der Waals surface area (Å²) in [4.78, 5) is 28.0. The van der Waals surface area contributed by atoms with Gasteiger partial charge in [-0.3, -0.25) is 4.79 Å². The lowest BCUT2D eigenvalue weighted by Gasteiger charge is -2.13. The third-order valence-corrected chi connectivity index (χ3v) is 4.33. The molecule has 2 rings (SSSR count). The molecule has 0 fully saturated rings. The number of benzene rings is 1. The number of urea groups is 1. The van der Waals surface area contributed by atoms with Gasteiger partial charge in [0.1, 0.15) is 5.75 Å². The highest BCUT2D eigenvalue weighted by Crippen LogP contribution is 2.26. The van der Waals surface area contributed by atoms with Crippen LogP contribution in [0.15, 0.2) is 29.6 Å². The Morgan fingerprint density at radius 2 is 2.12 bits per heavy atom. The summed E-state index contributed by atoms with van der Waals surface area (Å²) < 4.78 is 7.43. The molecule has 0 atom stereocenters. The lowest BCUT2D eigenvalue weighted by atomic mass is 10.1. The van der Waals surface area contributed by atoms with E-state index in [1.807, 2.05) is 24.8 Å². The second-order valence-corrected chi connectivity index (χ2v) is 6.08. The van der Waals surface area contributed by atoms with Crippen LogP contribution in [-0.2, 0) is 13.6 Å². The summed E-state index contributed by atoms with van der Waals surface area (Å²) in [5, 5.41) is 6.40. The Morgan fingerprint density at radius 1 is 1.36 bits per heavy atom. The van der Waals surface area contributed by atoms with Crippen LogP contribution < -0.4 is 15.4 Å². The second kappa shape index (κ2) is 8.57. The minimum Gasteiger partial charge on any atom is -0.492 e. The summed E-state index contributed by atoms with van der Waals surface area (Å²) in [5.74, 6) is 0.443. The highest BCUT2D eigenvalue weighted by atomic mass is 32.2. The molecule has 0 radical (unpaired) electrons. The monoisotopic (exact) mass is 362 g/mol. The zero-order chi connectivity index (χ0) is 18.4. The summed E-state index contributed by atoms with van der Waals surface area (Å²) in [6.45, 7) is 4.13. The fourth-order valence-electron chi connectivity index (χ4n) is 2.25. The minimum absolute atomic E-state index is 0.0778. The van der Waals surface area contributed by atoms with Crippen molar-refractivity contribution in [3.63, 3.8) is 0 Å². The molecule has 25 heavy (non-hydrogen) atoms. The van der Waals surface area contributed by atoms with Crippen LogP contribution in [0.5, 0.6) is 5.75 Å². The maximum Gasteiger partial charge on any atom is 0.319 e. The summed E-state index contributed by atoms with van der Waals surface area (Å²) in [5.41, 5.74) is 1.86. The van der Waals surface area contributed by atoms with Gasteiger partial charge in [-0.1, -0.05) is 11.8 Å². The fourth-order valence-corrected chi connectivity index (χ4v) is 2.79. The van der Waals surface area contributed by atoms with Gasteiger partial charge in [-0.05, 0) is 38.3 Å². The molecule has 1 aromatic heterocycles. The Bertz CT molecular complexity index is 773. The molecular weight excluding hydrogens is 340 g/mol. The van der Waals surface area contributed by atoms with E-state index >= 15 is 0 Å². The first-order valence-corrected chi connectivity index (χ1v) is 9.06. The molecule has 0 aliphatic carbocycles. The van der Waals surface area contributed by atoms with Crippen molar-refractivity contribution in [2.45, 2.75) is 25.5 Å². The fraction of sp³-hybridized carbons (Fsp3) is 0.353. The second-order valence-electron chi connectivity index (χ2n) is 5.30. The normalized spacial score (nSPS) is 10.4. The number of hydrogen-bond acceptors (Lipinski definition) is 5. The Labute approximate surface area is 151 Å². The molecule has 7 nitrogen and oxygen atoms in total. The molecule has 0 bridgehead atoms. The smallest absolute Gasteiger partial charge is 0.319 e. The van der Waals surface area contributed by atoms with Crippen LogP contribution in [-0.4, -0.2) is 34.2 Å². The van der Waals surface area contributed by atoms with Gasteiger partial charge in [-0.15, -0.1) is 0 Å². The SMILES string of the molecule is CCOc1ccc(C(C)=O)cc1NC(=O)NCc1cnc(SC)n1C. The minimum atomic E-state index is -0.381. The standard InChI is InChI=1S/C17H22N4O3S/c1-5-24-15-7-6-12(11(2)22)8-14(15)20-16(23)18-9-13-10-19-17(25-4)21(13)3/h6-8,10H,5,9H2,1-4H3,(H2,18,20,23). The Morgan fingerprint density at radius 3 is 2.72 bits per heavy atom. The van der Waals surface area contributed by atoms with Gasteiger partial charge >= 0.3 is 6.03 Å². The molecule has 1 heterocycles. The van der Waals surface area contributed by atoms with Crippen LogP contribution in [0.3, 0.4) is 0 Å². The number of Topliss-reactive ketones (excluding diaryl/α,β-unsaturated/α-hetero) is 1. The quantitative estimate of drug-likeness (QED) is 0.584. The number of carbonyl (C=O) groups excluding carboxylic acids is 2. The Kier molecular flexibility index (Phi) is 6.46. The van der Waals surface area contributed by atoms with E-state index in [0.29, 0.717) is 30.2 Å². The van der Waals surface area contributed by atoms with Crippen LogP contribution in [0.2, 0.25) is 0 Å². The van der Waals surface area contributed by atoms with E-state index in [0.717, 1.165) is 10.9 Å². The van der Waals surface area contributed by atoms with Crippen LogP contribution in [0.4, 0.5) is 10.5 Å². The number of carbonyl (C=O) groups is 2. The number of aromatic nitrogens is 2. The van der Waals surface area contributed by atoms with Gasteiger partial charge in [0, 0.05) is 12.6 Å². The van der Waals surface area contributed by atoms with Crippen LogP contribution >= 0.6 is 11.8 Å². The van der Waals surface area contributed by atoms with E-state index in [-0.39, 0.29) is 11.8 Å². The van der Waals surface area contributed by atoms with E-state index in [1.165, 1.54) is 18.7 Å². The number of nitrogens with zero attached hydrogens (tertiary/aromatic N) is 2. The number of ketones is 1. The van der Waals surface area contributed by atoms with Crippen molar-refractivity contribution >= 4 is 29.3 Å². The third-order valence-electron chi connectivity index (χ3n) is 3.59. The number of thioether (sulfide) groups is 1. The summed E-state index contributed by atoms with van der Waals surface area (Å²) >= 11 is 1.54. The maximum absolute atomic E-state index is 12.2. The van der Waals surface area contributed by atoms with Crippen LogP contribution in [0.1, 0.15) is 29.9 Å². The lowest BCUT2D eigenvalue weighted by Crippen LogP contribution is -2.29. The van der Waals surface area contributed by atoms with Crippen molar-refractivity contribution in [2.24, 2.45) is 7.05 Å². The van der Waals surface area contributed by atoms with Gasteiger partial charge in [0.25, 0.3) is 0 Å². The predicted octanol–water partition coefficient (Wildman–Crippen LogP) is 3.07. The number of ether oxygens (including phenoxy) is 1. The van der Waals surface area contributed by atoms with Crippen LogP contribution in [0, 0.1) is 0 Å². The average Bonchev–Trinajstić information content (AvgIpc) is 2.94. The van der Waals surface area contributed by atoms with E-state index in [2.05, 4.69) is 15.6 Å². The average molecular weight is 362 g/mol. The Hall–Kier alpha value is -2.48. The van der Waals surface area contributed by atoms with E-state index in [1.54, 1.807) is 24.4 Å². The van der Waals surface area contributed by atoms with Crippen molar-refractivity contribution in [3.05, 3.63) is 35.7 Å². The first kappa shape index (κ1) is 18.9. The Balaban J connectivity index is 2.07. The number of amides is 2. The first-order chi connectivity index (χ1) is 12.0. The number of nitrogens with one attached hydrogen (secondary N) is 2. The van der Waals surface area contributed by atoms with E-state index < -0.39 is 0 Å². The van der Waals surface area contributed by atoms with Crippen molar-refractivity contribution in [1.29, 1.82) is 0 Å². The van der Waals surface area contributed by atoms with Gasteiger partial charge < -0.3 is 19.9 Å². The molecule has 1 aromatic carbocycles. The number of rotatable bonds is 7. The van der Waals surface area contributed by atoms with E-state index in [9.17, 15) is 9.59 Å². The molecule has 2 amide bonds. The largest absolute Gasteiger partial charge is 0.492 e. The number of imidazole rings is 1. The molecule has 0 aliphatic heterocycles. The van der Waals surface area contributed by atoms with Gasteiger partial charge in [0.05, 0.1) is 30.7 Å². The van der Waals surface area contributed by atoms with Crippen molar-refractivity contribution in [1.82, 2.24) is 14.9 Å². The molecule has 2 aromatic rings. The molecule has 0 unspecified atom stereocenters. The van der Waals surface area contributed by atoms with Gasteiger partial charge in [-0.2, -0.15) is 0 Å². The van der Waals surface area contributed by atoms with Crippen molar-refractivity contribution in [2.75, 3.05) is 18.2 Å². The summed E-state index contributed by atoms with van der Waals surface area (Å²) in [7, 11) is 1.90. The molecule has 0 spiro atoms. The molecule has 2 N–H and O–H groups in total. The van der Waals surface area contributed by atoms with Crippen molar-refractivity contribution in [3.8, 4) is 5.75 Å². The number of anilines is 1. The lowest BCUT2D eigenvalue weighted by molar-refractivity contribution is 0.101. The number of hydrogen-bond donors (Lipinski definition) is 2. The highest BCUT2D eigenvalue weighted by molar-refractivity contribution is 7.98. The predicted molar refractivity (Wildman–Crippen MR) is 98.5 cm³/mol. The van der Waals surface area contributed by atoms with E-state index in [4.69, 9.17) is 4.74 Å². The van der Waals surface area contributed by atoms with Crippen molar-refractivity contribution < 1.29 is 14.3 Å². The highest BCUT2D eigenvalue weighted by Gasteiger charge is 2.12. The van der Waals surface area contributed by atoms with Crippen LogP contribution in [0.25, 0.3) is 0 Å². The third kappa shape index (κ3) is 4.76. The summed E-state index contributed by atoms with van der Waals surface area (Å²) in [6, 6.07) is 4.59. The molecule has 134 valence electrons. The zero-order valence-electron chi connectivity index (χ0n) is 14.8. The first-order valence-electron chi connectivity index (χ1n) is 7.83. The topological polar surface area (TPSA) is 85.2 Å². The van der Waals surface area contributed by atoms with Gasteiger partial charge in [-0.25, -0.2) is 9.78 Å². The molecule has 8 heteroatoms. The molecular formula is C17H22N4O3S. The van der Waals surface area contributed by atoms with Gasteiger partial charge in [0.15, 0.2) is 10.9 Å².